The van der Waals surface area contributed by atoms with E-state index in [4.69, 9.17) is 21.3 Å². The summed E-state index contributed by atoms with van der Waals surface area (Å²) in [6.07, 6.45) is 3.77. The predicted octanol–water partition coefficient (Wildman–Crippen LogP) is 7.79. The molecule has 2 heterocycles. The van der Waals surface area contributed by atoms with Gasteiger partial charge in [-0.3, -0.25) is 4.79 Å². The number of amides is 1. The number of carbonyl (C=O) groups excluding carboxylic acids is 2. The third kappa shape index (κ3) is 5.92. The molecule has 0 saturated carbocycles. The van der Waals surface area contributed by atoms with Gasteiger partial charge in [-0.1, -0.05) is 71.9 Å². The van der Waals surface area contributed by atoms with Crippen LogP contribution in [0.1, 0.15) is 46.1 Å². The van der Waals surface area contributed by atoms with Gasteiger partial charge >= 0.3 is 5.97 Å². The number of nitrogens with zero attached hydrogens (tertiary/aromatic N) is 2. The summed E-state index contributed by atoms with van der Waals surface area (Å²) in [6, 6.07) is 21.2. The molecule has 0 saturated heterocycles. The molecule has 1 aliphatic carbocycles. The Labute approximate surface area is 246 Å². The van der Waals surface area contributed by atoms with Crippen LogP contribution in [0.15, 0.2) is 65.7 Å². The molecule has 0 bridgehead atoms. The average Bonchev–Trinajstić information content (AvgIpc) is 3.34. The first-order valence-electron chi connectivity index (χ1n) is 13.0. The van der Waals surface area contributed by atoms with Gasteiger partial charge in [-0.2, -0.15) is 5.26 Å². The first kappa shape index (κ1) is 27.9. The molecule has 0 unspecified atom stereocenters. The number of hydrogen-bond donors (Lipinski definition) is 1. The molecule has 2 aromatic carbocycles. The quantitative estimate of drug-likeness (QED) is 0.167. The highest BCUT2D eigenvalue weighted by Gasteiger charge is 2.27. The molecule has 4 aromatic rings. The van der Waals surface area contributed by atoms with Crippen LogP contribution in [0.5, 0.6) is 0 Å². The van der Waals surface area contributed by atoms with Crippen molar-refractivity contribution in [3.8, 4) is 28.5 Å². The van der Waals surface area contributed by atoms with Crippen molar-refractivity contribution >= 4 is 51.6 Å². The van der Waals surface area contributed by atoms with Gasteiger partial charge in [-0.05, 0) is 50.3 Å². The molecular formula is C31H26ClN3O3S2. The topological polar surface area (TPSA) is 92.1 Å². The Bertz CT molecular complexity index is 1610. The molecule has 6 nitrogen and oxygen atoms in total. The molecule has 0 radical (unpaired) electrons. The number of nitrogens with one attached hydrogen (secondary N) is 1. The maximum atomic E-state index is 13.2. The second kappa shape index (κ2) is 12.7. The molecule has 1 aliphatic rings. The molecule has 0 aliphatic heterocycles. The van der Waals surface area contributed by atoms with Gasteiger partial charge in [0.2, 0.25) is 5.91 Å². The number of benzene rings is 2. The Balaban J connectivity index is 1.46. The van der Waals surface area contributed by atoms with Crippen molar-refractivity contribution in [3.05, 3.63) is 87.3 Å². The monoisotopic (exact) mass is 587 g/mol. The summed E-state index contributed by atoms with van der Waals surface area (Å²) in [7, 11) is 0. The van der Waals surface area contributed by atoms with Crippen LogP contribution in [-0.2, 0) is 22.4 Å². The van der Waals surface area contributed by atoms with E-state index in [-0.39, 0.29) is 18.3 Å². The van der Waals surface area contributed by atoms with Gasteiger partial charge in [-0.25, -0.2) is 9.78 Å². The summed E-state index contributed by atoms with van der Waals surface area (Å²) in [6.45, 7) is 2.03. The van der Waals surface area contributed by atoms with Crippen LogP contribution in [0.2, 0.25) is 5.02 Å². The van der Waals surface area contributed by atoms with Gasteiger partial charge in [0.15, 0.2) is 0 Å². The highest BCUT2D eigenvalue weighted by molar-refractivity contribution is 8.00. The number of esters is 1. The number of halogens is 1. The molecular weight excluding hydrogens is 562 g/mol. The number of pyridine rings is 1. The van der Waals surface area contributed by atoms with E-state index in [1.807, 2.05) is 54.6 Å². The molecule has 40 heavy (non-hydrogen) atoms. The molecule has 5 rings (SSSR count). The van der Waals surface area contributed by atoms with E-state index in [0.29, 0.717) is 37.4 Å². The number of thioether (sulfide) groups is 1. The Morgan fingerprint density at radius 1 is 1.10 bits per heavy atom. The van der Waals surface area contributed by atoms with Crippen molar-refractivity contribution in [2.45, 2.75) is 37.6 Å². The van der Waals surface area contributed by atoms with E-state index in [1.165, 1.54) is 23.1 Å². The van der Waals surface area contributed by atoms with Crippen LogP contribution in [0.4, 0.5) is 5.00 Å². The number of rotatable bonds is 8. The first-order chi connectivity index (χ1) is 19.5. The number of hydrogen-bond acceptors (Lipinski definition) is 7. The molecule has 0 fully saturated rings. The van der Waals surface area contributed by atoms with Crippen LogP contribution in [0, 0.1) is 11.3 Å². The Hall–Kier alpha value is -3.64. The molecule has 0 atom stereocenters. The lowest BCUT2D eigenvalue weighted by molar-refractivity contribution is -0.113. The minimum Gasteiger partial charge on any atom is -0.462 e. The van der Waals surface area contributed by atoms with Crippen molar-refractivity contribution in [3.63, 3.8) is 0 Å². The fourth-order valence-corrected chi connectivity index (χ4v) is 7.09. The Morgan fingerprint density at radius 3 is 2.60 bits per heavy atom. The summed E-state index contributed by atoms with van der Waals surface area (Å²) in [5, 5.41) is 14.6. The first-order valence-corrected chi connectivity index (χ1v) is 15.2. The molecule has 9 heteroatoms. The van der Waals surface area contributed by atoms with Gasteiger partial charge in [0.05, 0.1) is 29.2 Å². The van der Waals surface area contributed by atoms with Crippen molar-refractivity contribution < 1.29 is 14.3 Å². The van der Waals surface area contributed by atoms with Gasteiger partial charge < -0.3 is 10.1 Å². The number of aromatic nitrogens is 1. The van der Waals surface area contributed by atoms with Crippen LogP contribution in [0.25, 0.3) is 22.4 Å². The molecule has 1 N–H and O–H groups in total. The third-order valence-corrected chi connectivity index (χ3v) is 9.09. The fraction of sp³-hybridized carbons (Fsp3) is 0.226. The van der Waals surface area contributed by atoms with Crippen molar-refractivity contribution in [2.24, 2.45) is 0 Å². The SMILES string of the molecule is CCOC(=O)c1c(NC(=O)CSc2nc(-c3ccccc3)cc(-c3ccccc3Cl)c2C#N)sc2c1CCCC2. The predicted molar refractivity (Wildman–Crippen MR) is 161 cm³/mol. The lowest BCUT2D eigenvalue weighted by atomic mass is 9.95. The van der Waals surface area contributed by atoms with Gasteiger partial charge in [-0.15, -0.1) is 11.3 Å². The van der Waals surface area contributed by atoms with E-state index >= 15 is 0 Å². The zero-order valence-corrected chi connectivity index (χ0v) is 24.2. The lowest BCUT2D eigenvalue weighted by Gasteiger charge is -2.14. The van der Waals surface area contributed by atoms with E-state index in [1.54, 1.807) is 13.0 Å². The third-order valence-electron chi connectivity index (χ3n) is 6.58. The van der Waals surface area contributed by atoms with Gasteiger partial charge in [0, 0.05) is 26.6 Å². The number of aryl methyl sites for hydroxylation is 1. The minimum absolute atomic E-state index is 0.00666. The number of thiophene rings is 1. The fourth-order valence-electron chi connectivity index (χ4n) is 4.75. The summed E-state index contributed by atoms with van der Waals surface area (Å²) < 4.78 is 5.31. The maximum absolute atomic E-state index is 13.2. The minimum atomic E-state index is -0.404. The molecule has 2 aromatic heterocycles. The van der Waals surface area contributed by atoms with Crippen LogP contribution >= 0.6 is 34.7 Å². The number of nitriles is 1. The summed E-state index contributed by atoms with van der Waals surface area (Å²) in [4.78, 5) is 31.9. The summed E-state index contributed by atoms with van der Waals surface area (Å²) in [5.41, 5.74) is 4.75. The molecule has 202 valence electrons. The molecule has 0 spiro atoms. The van der Waals surface area contributed by atoms with Crippen molar-refractivity contribution in [1.82, 2.24) is 4.98 Å². The largest absolute Gasteiger partial charge is 0.462 e. The van der Waals surface area contributed by atoms with E-state index in [9.17, 15) is 14.9 Å². The van der Waals surface area contributed by atoms with Gasteiger partial charge in [0.1, 0.15) is 16.1 Å². The second-order valence-corrected chi connectivity index (χ2v) is 11.6. The van der Waals surface area contributed by atoms with Crippen molar-refractivity contribution in [2.75, 3.05) is 17.7 Å². The number of ether oxygens (including phenoxy) is 1. The van der Waals surface area contributed by atoms with Gasteiger partial charge in [0.25, 0.3) is 0 Å². The summed E-state index contributed by atoms with van der Waals surface area (Å²) in [5.74, 6) is -0.685. The standard InChI is InChI=1S/C31H26ClN3O3S2/c1-2-38-31(37)28-21-13-7-9-15-26(21)40-30(28)35-27(36)18-39-29-23(17-33)22(20-12-6-8-14-24(20)32)16-25(34-29)19-10-4-3-5-11-19/h3-6,8,10-12,14,16H,2,7,9,13,15,18H2,1H3,(H,35,36). The normalized spacial score (nSPS) is 12.3. The number of carbonyl (C=O) groups is 2. The zero-order chi connectivity index (χ0) is 28.1. The Kier molecular flexibility index (Phi) is 8.85. The zero-order valence-electron chi connectivity index (χ0n) is 21.8. The highest BCUT2D eigenvalue weighted by Crippen LogP contribution is 2.40. The molecule has 1 amide bonds. The van der Waals surface area contributed by atoms with Crippen LogP contribution in [-0.4, -0.2) is 29.2 Å². The summed E-state index contributed by atoms with van der Waals surface area (Å²) >= 11 is 9.16. The maximum Gasteiger partial charge on any atom is 0.341 e. The average molecular weight is 588 g/mol. The number of fused-ring (bicyclic) bond motifs is 1. The lowest BCUT2D eigenvalue weighted by Crippen LogP contribution is -2.17. The van der Waals surface area contributed by atoms with E-state index in [0.717, 1.165) is 47.3 Å². The Morgan fingerprint density at radius 2 is 1.85 bits per heavy atom. The number of anilines is 1. The van der Waals surface area contributed by atoms with Crippen LogP contribution in [0.3, 0.4) is 0 Å². The smallest absolute Gasteiger partial charge is 0.341 e. The van der Waals surface area contributed by atoms with E-state index < -0.39 is 5.97 Å². The van der Waals surface area contributed by atoms with E-state index in [2.05, 4.69) is 11.4 Å². The highest BCUT2D eigenvalue weighted by atomic mass is 35.5. The second-order valence-electron chi connectivity index (χ2n) is 9.17. The van der Waals surface area contributed by atoms with Crippen LogP contribution < -0.4 is 5.32 Å². The van der Waals surface area contributed by atoms with Crippen molar-refractivity contribution in [1.29, 1.82) is 5.26 Å².